The van der Waals surface area contributed by atoms with Crippen molar-refractivity contribution >= 4 is 0 Å². The van der Waals surface area contributed by atoms with E-state index in [-0.39, 0.29) is 0 Å². The Morgan fingerprint density at radius 2 is 2.33 bits per heavy atom. The van der Waals surface area contributed by atoms with Gasteiger partial charge in [-0.05, 0) is 38.4 Å². The van der Waals surface area contributed by atoms with Crippen LogP contribution in [0.15, 0.2) is 18.3 Å². The zero-order valence-corrected chi connectivity index (χ0v) is 11.6. The highest BCUT2D eigenvalue weighted by Crippen LogP contribution is 2.25. The van der Waals surface area contributed by atoms with Gasteiger partial charge in [-0.3, -0.25) is 4.98 Å². The SMILES string of the molecule is CCNC(Cc1ccc(C)cn1)C1CCOC1C. The fourth-order valence-electron chi connectivity index (χ4n) is 2.76. The normalized spacial score (nSPS) is 25.3. The van der Waals surface area contributed by atoms with E-state index in [2.05, 4.69) is 43.2 Å². The van der Waals surface area contributed by atoms with E-state index in [1.807, 2.05) is 6.20 Å². The summed E-state index contributed by atoms with van der Waals surface area (Å²) in [6.07, 6.45) is 4.46. The molecule has 3 nitrogen and oxygen atoms in total. The molecule has 3 atom stereocenters. The Balaban J connectivity index is 2.03. The number of aryl methyl sites for hydroxylation is 1. The van der Waals surface area contributed by atoms with Crippen LogP contribution in [0.2, 0.25) is 0 Å². The zero-order valence-electron chi connectivity index (χ0n) is 11.6. The zero-order chi connectivity index (χ0) is 13.0. The van der Waals surface area contributed by atoms with Crippen LogP contribution in [0.1, 0.15) is 31.5 Å². The van der Waals surface area contributed by atoms with Gasteiger partial charge in [0.2, 0.25) is 0 Å². The first-order chi connectivity index (χ1) is 8.70. The van der Waals surface area contributed by atoms with E-state index in [4.69, 9.17) is 4.74 Å². The van der Waals surface area contributed by atoms with Gasteiger partial charge in [0.25, 0.3) is 0 Å². The molecule has 0 amide bonds. The van der Waals surface area contributed by atoms with Crippen LogP contribution in [0.25, 0.3) is 0 Å². The van der Waals surface area contributed by atoms with Crippen molar-refractivity contribution in [3.63, 3.8) is 0 Å². The maximum Gasteiger partial charge on any atom is 0.0590 e. The lowest BCUT2D eigenvalue weighted by atomic mass is 9.90. The van der Waals surface area contributed by atoms with Gasteiger partial charge in [-0.1, -0.05) is 13.0 Å². The molecule has 0 aliphatic carbocycles. The molecule has 2 heterocycles. The Kier molecular flexibility index (Phi) is 4.72. The van der Waals surface area contributed by atoms with Crippen LogP contribution in [-0.4, -0.2) is 30.3 Å². The van der Waals surface area contributed by atoms with Crippen molar-refractivity contribution in [2.45, 2.75) is 45.8 Å². The first kappa shape index (κ1) is 13.5. The number of hydrogen-bond acceptors (Lipinski definition) is 3. The Hall–Kier alpha value is -0.930. The molecule has 0 saturated carbocycles. The molecule has 1 aliphatic heterocycles. The summed E-state index contributed by atoms with van der Waals surface area (Å²) in [4.78, 5) is 4.52. The Labute approximate surface area is 110 Å². The van der Waals surface area contributed by atoms with Crippen molar-refractivity contribution in [2.75, 3.05) is 13.2 Å². The molecule has 100 valence electrons. The first-order valence-corrected chi connectivity index (χ1v) is 6.97. The Morgan fingerprint density at radius 3 is 2.89 bits per heavy atom. The molecule has 1 saturated heterocycles. The molecule has 1 aromatic rings. The highest BCUT2D eigenvalue weighted by Gasteiger charge is 2.31. The maximum absolute atomic E-state index is 5.69. The van der Waals surface area contributed by atoms with Gasteiger partial charge >= 0.3 is 0 Å². The largest absolute Gasteiger partial charge is 0.378 e. The van der Waals surface area contributed by atoms with Gasteiger partial charge in [-0.15, -0.1) is 0 Å². The van der Waals surface area contributed by atoms with Crippen molar-refractivity contribution in [2.24, 2.45) is 5.92 Å². The van der Waals surface area contributed by atoms with Gasteiger partial charge in [0.15, 0.2) is 0 Å². The van der Waals surface area contributed by atoms with E-state index in [0.717, 1.165) is 26.0 Å². The van der Waals surface area contributed by atoms with E-state index >= 15 is 0 Å². The van der Waals surface area contributed by atoms with Gasteiger partial charge in [-0.2, -0.15) is 0 Å². The lowest BCUT2D eigenvalue weighted by Crippen LogP contribution is -2.41. The third kappa shape index (κ3) is 3.30. The topological polar surface area (TPSA) is 34.2 Å². The number of aromatic nitrogens is 1. The standard InChI is InChI=1S/C15H24N2O/c1-4-16-15(14-7-8-18-12(14)3)9-13-6-5-11(2)10-17-13/h5-6,10,12,14-16H,4,7-9H2,1-3H3. The third-order valence-electron chi connectivity index (χ3n) is 3.82. The van der Waals surface area contributed by atoms with Crippen molar-refractivity contribution in [1.82, 2.24) is 10.3 Å². The second-order valence-corrected chi connectivity index (χ2v) is 5.22. The molecule has 0 radical (unpaired) electrons. The number of pyridine rings is 1. The molecular formula is C15H24N2O. The number of hydrogen-bond donors (Lipinski definition) is 1. The van der Waals surface area contributed by atoms with Crippen molar-refractivity contribution in [3.8, 4) is 0 Å². The second kappa shape index (κ2) is 6.30. The summed E-state index contributed by atoms with van der Waals surface area (Å²) in [5.41, 5.74) is 2.39. The van der Waals surface area contributed by atoms with Gasteiger partial charge in [0, 0.05) is 36.9 Å². The number of nitrogens with one attached hydrogen (secondary N) is 1. The molecule has 0 spiro atoms. The molecule has 2 rings (SSSR count). The molecule has 18 heavy (non-hydrogen) atoms. The summed E-state index contributed by atoms with van der Waals surface area (Å²) >= 11 is 0. The molecule has 3 unspecified atom stereocenters. The summed E-state index contributed by atoms with van der Waals surface area (Å²) < 4.78 is 5.69. The van der Waals surface area contributed by atoms with Crippen LogP contribution in [0.4, 0.5) is 0 Å². The van der Waals surface area contributed by atoms with Crippen LogP contribution in [-0.2, 0) is 11.2 Å². The van der Waals surface area contributed by atoms with Crippen molar-refractivity contribution < 1.29 is 4.74 Å². The van der Waals surface area contributed by atoms with Crippen LogP contribution >= 0.6 is 0 Å². The van der Waals surface area contributed by atoms with Gasteiger partial charge in [0.1, 0.15) is 0 Å². The van der Waals surface area contributed by atoms with E-state index in [9.17, 15) is 0 Å². The summed E-state index contributed by atoms with van der Waals surface area (Å²) in [6, 6.07) is 4.75. The third-order valence-corrected chi connectivity index (χ3v) is 3.82. The molecule has 3 heteroatoms. The molecule has 1 aromatic heterocycles. The number of rotatable bonds is 5. The molecule has 1 aliphatic rings. The van der Waals surface area contributed by atoms with Gasteiger partial charge in [0.05, 0.1) is 6.10 Å². The molecule has 1 fully saturated rings. The Morgan fingerprint density at radius 1 is 1.50 bits per heavy atom. The second-order valence-electron chi connectivity index (χ2n) is 5.22. The smallest absolute Gasteiger partial charge is 0.0590 e. The van der Waals surface area contributed by atoms with Crippen LogP contribution in [0.5, 0.6) is 0 Å². The number of likely N-dealkylation sites (N-methyl/N-ethyl adjacent to an activating group) is 1. The van der Waals surface area contributed by atoms with Gasteiger partial charge < -0.3 is 10.1 Å². The predicted molar refractivity (Wildman–Crippen MR) is 73.7 cm³/mol. The van der Waals surface area contributed by atoms with Crippen molar-refractivity contribution in [1.29, 1.82) is 0 Å². The highest BCUT2D eigenvalue weighted by molar-refractivity contribution is 5.13. The van der Waals surface area contributed by atoms with Crippen molar-refractivity contribution in [3.05, 3.63) is 29.6 Å². The van der Waals surface area contributed by atoms with E-state index < -0.39 is 0 Å². The monoisotopic (exact) mass is 248 g/mol. The van der Waals surface area contributed by atoms with Crippen LogP contribution in [0.3, 0.4) is 0 Å². The molecular weight excluding hydrogens is 224 g/mol. The Bertz CT molecular complexity index is 363. The fourth-order valence-corrected chi connectivity index (χ4v) is 2.76. The average Bonchev–Trinajstić information content (AvgIpc) is 2.78. The fraction of sp³-hybridized carbons (Fsp3) is 0.667. The lowest BCUT2D eigenvalue weighted by Gasteiger charge is -2.26. The average molecular weight is 248 g/mol. The number of ether oxygens (including phenoxy) is 1. The summed E-state index contributed by atoms with van der Waals surface area (Å²) in [7, 11) is 0. The molecule has 0 bridgehead atoms. The summed E-state index contributed by atoms with van der Waals surface area (Å²) in [5.74, 6) is 0.605. The summed E-state index contributed by atoms with van der Waals surface area (Å²) in [5, 5.41) is 3.60. The van der Waals surface area contributed by atoms with E-state index in [1.165, 1.54) is 11.3 Å². The minimum absolute atomic E-state index is 0.361. The minimum Gasteiger partial charge on any atom is -0.378 e. The van der Waals surface area contributed by atoms with Crippen LogP contribution in [0, 0.1) is 12.8 Å². The van der Waals surface area contributed by atoms with E-state index in [0.29, 0.717) is 18.1 Å². The quantitative estimate of drug-likeness (QED) is 0.868. The van der Waals surface area contributed by atoms with E-state index in [1.54, 1.807) is 0 Å². The minimum atomic E-state index is 0.361. The molecule has 0 aromatic carbocycles. The molecule has 1 N–H and O–H groups in total. The maximum atomic E-state index is 5.69. The first-order valence-electron chi connectivity index (χ1n) is 6.97. The predicted octanol–water partition coefficient (Wildman–Crippen LogP) is 2.34. The lowest BCUT2D eigenvalue weighted by molar-refractivity contribution is 0.0955. The number of nitrogens with zero attached hydrogens (tertiary/aromatic N) is 1. The van der Waals surface area contributed by atoms with Gasteiger partial charge in [-0.25, -0.2) is 0 Å². The summed E-state index contributed by atoms with van der Waals surface area (Å²) in [6.45, 7) is 8.32. The highest BCUT2D eigenvalue weighted by atomic mass is 16.5. The van der Waals surface area contributed by atoms with Crippen LogP contribution < -0.4 is 5.32 Å².